The Hall–Kier alpha value is -3.13. The summed E-state index contributed by atoms with van der Waals surface area (Å²) < 4.78 is 0. The van der Waals surface area contributed by atoms with E-state index in [0.29, 0.717) is 24.3 Å². The Balaban J connectivity index is 2.36. The molecule has 2 rings (SSSR count). The minimum Gasteiger partial charge on any atom is -0.377 e. The van der Waals surface area contributed by atoms with Gasteiger partial charge in [0.05, 0.1) is 21.1 Å². The third-order valence-electron chi connectivity index (χ3n) is 4.43. The molecular formula is C20H23ClN4O4. The van der Waals surface area contributed by atoms with Crippen LogP contribution in [0.2, 0.25) is 5.02 Å². The predicted molar refractivity (Wildman–Crippen MR) is 114 cm³/mol. The second-order valence-electron chi connectivity index (χ2n) is 6.48. The van der Waals surface area contributed by atoms with Crippen molar-refractivity contribution in [1.82, 2.24) is 4.90 Å². The number of carbonyl (C=O) groups excluding carboxylic acids is 2. The highest BCUT2D eigenvalue weighted by molar-refractivity contribution is 6.34. The number of nitro benzene ring substituents is 1. The summed E-state index contributed by atoms with van der Waals surface area (Å²) in [5, 5.41) is 13.5. The van der Waals surface area contributed by atoms with Gasteiger partial charge in [0.1, 0.15) is 0 Å². The molecule has 0 heterocycles. The van der Waals surface area contributed by atoms with Crippen LogP contribution in [0.3, 0.4) is 0 Å². The summed E-state index contributed by atoms with van der Waals surface area (Å²) in [5.74, 6) is -0.660. The van der Waals surface area contributed by atoms with Crippen molar-refractivity contribution in [3.8, 4) is 0 Å². The Labute approximate surface area is 174 Å². The summed E-state index contributed by atoms with van der Waals surface area (Å²) in [4.78, 5) is 39.3. The average Bonchev–Trinajstić information content (AvgIpc) is 2.68. The zero-order valence-electron chi connectivity index (χ0n) is 16.7. The van der Waals surface area contributed by atoms with E-state index in [1.54, 1.807) is 23.1 Å². The summed E-state index contributed by atoms with van der Waals surface area (Å²) in [6, 6.07) is 8.70. The second kappa shape index (κ2) is 9.38. The lowest BCUT2D eigenvalue weighted by Crippen LogP contribution is -2.31. The summed E-state index contributed by atoms with van der Waals surface area (Å²) in [5.41, 5.74) is 1.52. The third-order valence-corrected chi connectivity index (χ3v) is 4.74. The monoisotopic (exact) mass is 418 g/mol. The molecule has 0 aliphatic carbocycles. The fourth-order valence-electron chi connectivity index (χ4n) is 2.86. The first-order valence-electron chi connectivity index (χ1n) is 9.05. The Morgan fingerprint density at radius 2 is 1.72 bits per heavy atom. The van der Waals surface area contributed by atoms with Crippen molar-refractivity contribution in [1.29, 1.82) is 0 Å². The maximum atomic E-state index is 12.9. The molecule has 0 spiro atoms. The highest BCUT2D eigenvalue weighted by Gasteiger charge is 2.20. The molecule has 1 N–H and O–H groups in total. The van der Waals surface area contributed by atoms with Gasteiger partial charge in [-0.05, 0) is 38.1 Å². The van der Waals surface area contributed by atoms with E-state index in [1.165, 1.54) is 12.1 Å². The van der Waals surface area contributed by atoms with Gasteiger partial charge >= 0.3 is 0 Å². The van der Waals surface area contributed by atoms with Crippen molar-refractivity contribution in [3.05, 3.63) is 62.7 Å². The van der Waals surface area contributed by atoms with Crippen LogP contribution in [0.4, 0.5) is 17.1 Å². The van der Waals surface area contributed by atoms with Crippen molar-refractivity contribution in [2.75, 3.05) is 37.4 Å². The summed E-state index contributed by atoms with van der Waals surface area (Å²) >= 11 is 6.03. The molecule has 2 aromatic rings. The molecule has 154 valence electrons. The summed E-state index contributed by atoms with van der Waals surface area (Å²) in [7, 11) is 3.67. The first-order chi connectivity index (χ1) is 13.7. The molecule has 0 aromatic heterocycles. The third kappa shape index (κ3) is 5.03. The molecule has 29 heavy (non-hydrogen) atoms. The number of amides is 2. The fraction of sp³-hybridized carbons (Fsp3) is 0.300. The summed E-state index contributed by atoms with van der Waals surface area (Å²) in [6.45, 7) is 4.94. The Morgan fingerprint density at radius 1 is 1.07 bits per heavy atom. The zero-order chi connectivity index (χ0) is 21.7. The fourth-order valence-corrected chi connectivity index (χ4v) is 3.12. The van der Waals surface area contributed by atoms with Crippen LogP contribution in [0.5, 0.6) is 0 Å². The molecule has 9 heteroatoms. The number of halogens is 1. The number of carbonyl (C=O) groups is 2. The average molecular weight is 419 g/mol. The van der Waals surface area contributed by atoms with Gasteiger partial charge in [0, 0.05) is 50.7 Å². The van der Waals surface area contributed by atoms with Crippen LogP contribution in [-0.4, -0.2) is 48.8 Å². The second-order valence-corrected chi connectivity index (χ2v) is 6.89. The smallest absolute Gasteiger partial charge is 0.270 e. The first kappa shape index (κ1) is 22.2. The van der Waals surface area contributed by atoms with Gasteiger partial charge in [-0.1, -0.05) is 11.6 Å². The van der Waals surface area contributed by atoms with Crippen LogP contribution in [0, 0.1) is 10.1 Å². The van der Waals surface area contributed by atoms with Gasteiger partial charge in [-0.3, -0.25) is 19.7 Å². The van der Waals surface area contributed by atoms with Gasteiger partial charge in [-0.25, -0.2) is 0 Å². The van der Waals surface area contributed by atoms with E-state index in [4.69, 9.17) is 11.6 Å². The molecule has 0 aliphatic heterocycles. The molecule has 0 saturated heterocycles. The number of rotatable bonds is 7. The number of nitro groups is 1. The van der Waals surface area contributed by atoms with Gasteiger partial charge in [0.25, 0.3) is 17.5 Å². The van der Waals surface area contributed by atoms with E-state index >= 15 is 0 Å². The van der Waals surface area contributed by atoms with E-state index in [1.807, 2.05) is 32.8 Å². The van der Waals surface area contributed by atoms with Gasteiger partial charge in [0.15, 0.2) is 0 Å². The number of nitrogens with one attached hydrogen (secondary N) is 1. The Kier molecular flexibility index (Phi) is 7.17. The quantitative estimate of drug-likeness (QED) is 0.540. The van der Waals surface area contributed by atoms with Crippen molar-refractivity contribution >= 4 is 40.5 Å². The highest BCUT2D eigenvalue weighted by Crippen LogP contribution is 2.27. The van der Waals surface area contributed by atoms with Crippen molar-refractivity contribution in [3.63, 3.8) is 0 Å². The van der Waals surface area contributed by atoms with Crippen LogP contribution in [0.15, 0.2) is 36.4 Å². The number of nitrogens with zero attached hydrogens (tertiary/aromatic N) is 3. The minimum absolute atomic E-state index is 0.0268. The van der Waals surface area contributed by atoms with E-state index in [0.717, 1.165) is 11.8 Å². The Morgan fingerprint density at radius 3 is 2.24 bits per heavy atom. The van der Waals surface area contributed by atoms with Gasteiger partial charge in [-0.2, -0.15) is 0 Å². The molecule has 0 fully saturated rings. The van der Waals surface area contributed by atoms with Crippen molar-refractivity contribution in [2.24, 2.45) is 0 Å². The van der Waals surface area contributed by atoms with Crippen LogP contribution in [-0.2, 0) is 0 Å². The predicted octanol–water partition coefficient (Wildman–Crippen LogP) is 4.05. The minimum atomic E-state index is -0.585. The molecule has 0 unspecified atom stereocenters. The van der Waals surface area contributed by atoms with Gasteiger partial charge in [0.2, 0.25) is 0 Å². The molecule has 0 saturated carbocycles. The maximum absolute atomic E-state index is 12.9. The molecule has 2 aromatic carbocycles. The lowest BCUT2D eigenvalue weighted by atomic mass is 10.1. The normalized spacial score (nSPS) is 10.4. The van der Waals surface area contributed by atoms with Crippen LogP contribution in [0.1, 0.15) is 34.6 Å². The van der Waals surface area contributed by atoms with Gasteiger partial charge < -0.3 is 15.1 Å². The number of non-ortho nitro benzene ring substituents is 1. The maximum Gasteiger partial charge on any atom is 0.270 e. The molecule has 0 radical (unpaired) electrons. The highest BCUT2D eigenvalue weighted by atomic mass is 35.5. The molecule has 8 nitrogen and oxygen atoms in total. The van der Waals surface area contributed by atoms with Crippen LogP contribution >= 0.6 is 11.6 Å². The lowest BCUT2D eigenvalue weighted by molar-refractivity contribution is -0.384. The SMILES string of the molecule is CCN(CC)C(=O)c1cc(NC(=O)c2ccc([N+](=O)[O-])cc2Cl)ccc1N(C)C. The zero-order valence-corrected chi connectivity index (χ0v) is 17.5. The number of anilines is 2. The first-order valence-corrected chi connectivity index (χ1v) is 9.43. The van der Waals surface area contributed by atoms with Crippen LogP contribution < -0.4 is 10.2 Å². The topological polar surface area (TPSA) is 95.8 Å². The van der Waals surface area contributed by atoms with Crippen LogP contribution in [0.25, 0.3) is 0 Å². The molecule has 0 atom stereocenters. The molecule has 0 aliphatic rings. The Bertz CT molecular complexity index is 942. The van der Waals surface area contributed by atoms with Crippen molar-refractivity contribution < 1.29 is 14.5 Å². The van der Waals surface area contributed by atoms with Gasteiger partial charge in [-0.15, -0.1) is 0 Å². The lowest BCUT2D eigenvalue weighted by Gasteiger charge is -2.23. The number of benzene rings is 2. The van der Waals surface area contributed by atoms with E-state index < -0.39 is 10.8 Å². The molecule has 0 bridgehead atoms. The number of hydrogen-bond acceptors (Lipinski definition) is 5. The number of hydrogen-bond donors (Lipinski definition) is 1. The summed E-state index contributed by atoms with van der Waals surface area (Å²) in [6.07, 6.45) is 0. The van der Waals surface area contributed by atoms with E-state index in [2.05, 4.69) is 5.32 Å². The largest absolute Gasteiger partial charge is 0.377 e. The van der Waals surface area contributed by atoms with E-state index in [9.17, 15) is 19.7 Å². The molecular weight excluding hydrogens is 396 g/mol. The molecule has 2 amide bonds. The van der Waals surface area contributed by atoms with Crippen molar-refractivity contribution in [2.45, 2.75) is 13.8 Å². The standard InChI is InChI=1S/C20H23ClN4O4/c1-5-24(6-2)20(27)16-11-13(7-10-18(16)23(3)4)22-19(26)15-9-8-14(25(28)29)12-17(15)21/h7-12H,5-6H2,1-4H3,(H,22,26). The van der Waals surface area contributed by atoms with E-state index in [-0.39, 0.29) is 22.2 Å².